The van der Waals surface area contributed by atoms with Crippen LogP contribution in [0, 0.1) is 0 Å². The van der Waals surface area contributed by atoms with Gasteiger partial charge in [0.2, 0.25) is 10.0 Å². The van der Waals surface area contributed by atoms with E-state index < -0.39 is 27.7 Å². The van der Waals surface area contributed by atoms with Crippen molar-refractivity contribution >= 4 is 22.1 Å². The van der Waals surface area contributed by atoms with Crippen LogP contribution in [-0.4, -0.2) is 68.6 Å². The van der Waals surface area contributed by atoms with Crippen LogP contribution in [0.1, 0.15) is 31.1 Å². The number of carbonyl (C=O) groups excluding carboxylic acids is 2. The van der Waals surface area contributed by atoms with Gasteiger partial charge in [-0.15, -0.1) is 0 Å². The summed E-state index contributed by atoms with van der Waals surface area (Å²) in [6.45, 7) is 6.22. The van der Waals surface area contributed by atoms with Crippen molar-refractivity contribution in [2.45, 2.75) is 31.3 Å². The molecule has 0 N–H and O–H groups in total. The van der Waals surface area contributed by atoms with Crippen molar-refractivity contribution < 1.29 is 27.5 Å². The van der Waals surface area contributed by atoms with E-state index in [9.17, 15) is 18.0 Å². The second kappa shape index (κ2) is 7.63. The molecule has 1 aliphatic rings. The van der Waals surface area contributed by atoms with Crippen LogP contribution in [0.3, 0.4) is 0 Å². The topological polar surface area (TPSA) is 93.2 Å². The van der Waals surface area contributed by atoms with Crippen LogP contribution in [-0.2, 0) is 19.5 Å². The summed E-state index contributed by atoms with van der Waals surface area (Å²) >= 11 is 0. The Morgan fingerprint density at radius 1 is 1.00 bits per heavy atom. The van der Waals surface area contributed by atoms with Gasteiger partial charge in [-0.05, 0) is 45.0 Å². The molecular weight excluding hydrogens is 360 g/mol. The van der Waals surface area contributed by atoms with Crippen molar-refractivity contribution in [1.82, 2.24) is 9.21 Å². The first-order valence-corrected chi connectivity index (χ1v) is 9.65. The third-order valence-electron chi connectivity index (χ3n) is 3.80. The fraction of sp³-hybridized carbons (Fsp3) is 0.529. The van der Waals surface area contributed by atoms with Crippen LogP contribution in [0.15, 0.2) is 29.2 Å². The summed E-state index contributed by atoms with van der Waals surface area (Å²) in [4.78, 5) is 25.1. The van der Waals surface area contributed by atoms with Crippen LogP contribution in [0.4, 0.5) is 4.79 Å². The molecule has 2 rings (SSSR count). The van der Waals surface area contributed by atoms with Gasteiger partial charge in [-0.2, -0.15) is 4.31 Å². The lowest BCUT2D eigenvalue weighted by Crippen LogP contribution is -2.51. The summed E-state index contributed by atoms with van der Waals surface area (Å²) in [6.07, 6.45) is -0.447. The first-order valence-electron chi connectivity index (χ1n) is 8.21. The number of carbonyl (C=O) groups is 2. The quantitative estimate of drug-likeness (QED) is 0.737. The van der Waals surface area contributed by atoms with E-state index in [1.54, 1.807) is 20.8 Å². The van der Waals surface area contributed by atoms with Crippen molar-refractivity contribution in [3.05, 3.63) is 29.8 Å². The molecule has 0 unspecified atom stereocenters. The molecule has 0 bridgehead atoms. The van der Waals surface area contributed by atoms with E-state index in [1.807, 2.05) is 0 Å². The van der Waals surface area contributed by atoms with Crippen molar-refractivity contribution in [2.75, 3.05) is 33.3 Å². The minimum absolute atomic E-state index is 0.0934. The van der Waals surface area contributed by atoms with Gasteiger partial charge in [-0.25, -0.2) is 18.0 Å². The van der Waals surface area contributed by atoms with E-state index >= 15 is 0 Å². The molecule has 144 valence electrons. The Balaban J connectivity index is 2.03. The zero-order chi connectivity index (χ0) is 19.5. The highest BCUT2D eigenvalue weighted by atomic mass is 32.2. The van der Waals surface area contributed by atoms with Gasteiger partial charge in [0.25, 0.3) is 0 Å². The number of amides is 1. The number of ether oxygens (including phenoxy) is 2. The van der Waals surface area contributed by atoms with Crippen molar-refractivity contribution in [3.8, 4) is 0 Å². The number of methoxy groups -OCH3 is 1. The highest BCUT2D eigenvalue weighted by molar-refractivity contribution is 7.89. The molecule has 1 saturated heterocycles. The molecule has 0 aromatic heterocycles. The fourth-order valence-electron chi connectivity index (χ4n) is 2.47. The van der Waals surface area contributed by atoms with E-state index in [0.29, 0.717) is 0 Å². The highest BCUT2D eigenvalue weighted by Crippen LogP contribution is 2.19. The number of esters is 1. The van der Waals surface area contributed by atoms with E-state index in [2.05, 4.69) is 4.74 Å². The molecule has 0 aliphatic carbocycles. The van der Waals surface area contributed by atoms with Gasteiger partial charge in [-0.3, -0.25) is 0 Å². The number of benzene rings is 1. The Bertz CT molecular complexity index is 759. The summed E-state index contributed by atoms with van der Waals surface area (Å²) in [7, 11) is -2.43. The number of nitrogens with zero attached hydrogens (tertiary/aromatic N) is 2. The van der Waals surface area contributed by atoms with Crippen LogP contribution >= 0.6 is 0 Å². The van der Waals surface area contributed by atoms with Crippen molar-refractivity contribution in [3.63, 3.8) is 0 Å². The van der Waals surface area contributed by atoms with E-state index in [1.165, 1.54) is 40.6 Å². The summed E-state index contributed by atoms with van der Waals surface area (Å²) in [5, 5.41) is 0. The minimum Gasteiger partial charge on any atom is -0.465 e. The first-order chi connectivity index (χ1) is 12.0. The lowest BCUT2D eigenvalue weighted by atomic mass is 10.2. The predicted octanol–water partition coefficient (Wildman–Crippen LogP) is 1.71. The Hall–Kier alpha value is -2.13. The molecule has 1 amide bonds. The first kappa shape index (κ1) is 20.2. The molecule has 26 heavy (non-hydrogen) atoms. The Morgan fingerprint density at radius 2 is 1.54 bits per heavy atom. The second-order valence-electron chi connectivity index (χ2n) is 6.89. The fourth-order valence-corrected chi connectivity index (χ4v) is 3.89. The van der Waals surface area contributed by atoms with Gasteiger partial charge < -0.3 is 14.4 Å². The molecule has 1 aliphatic heterocycles. The molecule has 8 nitrogen and oxygen atoms in total. The maximum atomic E-state index is 12.7. The molecule has 9 heteroatoms. The molecule has 0 radical (unpaired) electrons. The van der Waals surface area contributed by atoms with Crippen LogP contribution in [0.25, 0.3) is 0 Å². The maximum absolute atomic E-state index is 12.7. The van der Waals surface area contributed by atoms with Crippen LogP contribution in [0.2, 0.25) is 0 Å². The van der Waals surface area contributed by atoms with Gasteiger partial charge in [-0.1, -0.05) is 0 Å². The van der Waals surface area contributed by atoms with Crippen molar-refractivity contribution in [1.29, 1.82) is 0 Å². The van der Waals surface area contributed by atoms with Gasteiger partial charge in [0, 0.05) is 26.2 Å². The number of hydrogen-bond donors (Lipinski definition) is 0. The molecule has 0 spiro atoms. The maximum Gasteiger partial charge on any atom is 0.410 e. The number of piperazine rings is 1. The van der Waals surface area contributed by atoms with Gasteiger partial charge in [0.1, 0.15) is 5.60 Å². The van der Waals surface area contributed by atoms with E-state index in [-0.39, 0.29) is 36.6 Å². The van der Waals surface area contributed by atoms with Crippen molar-refractivity contribution in [2.24, 2.45) is 0 Å². The lowest BCUT2D eigenvalue weighted by molar-refractivity contribution is 0.0192. The average Bonchev–Trinajstić information content (AvgIpc) is 2.59. The minimum atomic E-state index is -3.69. The normalized spacial score (nSPS) is 16.2. The molecule has 1 aromatic rings. The summed E-state index contributed by atoms with van der Waals surface area (Å²) in [5.74, 6) is -0.528. The largest absolute Gasteiger partial charge is 0.465 e. The van der Waals surface area contributed by atoms with Gasteiger partial charge in [0.05, 0.1) is 17.6 Å². The Morgan fingerprint density at radius 3 is 2.00 bits per heavy atom. The molecule has 1 fully saturated rings. The molecule has 1 aromatic carbocycles. The lowest BCUT2D eigenvalue weighted by Gasteiger charge is -2.34. The number of rotatable bonds is 3. The number of sulfonamides is 1. The summed E-state index contributed by atoms with van der Waals surface area (Å²) < 4.78 is 36.7. The Kier molecular flexibility index (Phi) is 5.92. The van der Waals surface area contributed by atoms with Crippen LogP contribution in [0.5, 0.6) is 0 Å². The smallest absolute Gasteiger partial charge is 0.410 e. The predicted molar refractivity (Wildman–Crippen MR) is 94.3 cm³/mol. The molecule has 0 saturated carbocycles. The zero-order valence-electron chi connectivity index (χ0n) is 15.4. The monoisotopic (exact) mass is 384 g/mol. The zero-order valence-corrected chi connectivity index (χ0v) is 16.2. The highest BCUT2D eigenvalue weighted by Gasteiger charge is 2.32. The standard InChI is InChI=1S/C17H24N2O6S/c1-17(2,3)25-16(21)18-9-11-19(12-10-18)26(22,23)14-7-5-13(6-8-14)15(20)24-4/h5-8H,9-12H2,1-4H3. The SMILES string of the molecule is COC(=O)c1ccc(S(=O)(=O)N2CCN(C(=O)OC(C)(C)C)CC2)cc1. The third kappa shape index (κ3) is 4.73. The summed E-state index contributed by atoms with van der Waals surface area (Å²) in [6, 6.07) is 5.58. The van der Waals surface area contributed by atoms with Gasteiger partial charge >= 0.3 is 12.1 Å². The molecule has 1 heterocycles. The van der Waals surface area contributed by atoms with Crippen LogP contribution < -0.4 is 0 Å². The average molecular weight is 384 g/mol. The number of hydrogen-bond acceptors (Lipinski definition) is 6. The Labute approximate surface area is 153 Å². The molecular formula is C17H24N2O6S. The third-order valence-corrected chi connectivity index (χ3v) is 5.72. The molecule has 0 atom stereocenters. The summed E-state index contributed by atoms with van der Waals surface area (Å²) in [5.41, 5.74) is -0.317. The van der Waals surface area contributed by atoms with E-state index in [0.717, 1.165) is 0 Å². The van der Waals surface area contributed by atoms with Gasteiger partial charge in [0.15, 0.2) is 0 Å². The van der Waals surface area contributed by atoms with E-state index in [4.69, 9.17) is 4.74 Å². The second-order valence-corrected chi connectivity index (χ2v) is 8.83.